The highest BCUT2D eigenvalue weighted by Crippen LogP contribution is 2.42. The van der Waals surface area contributed by atoms with Gasteiger partial charge in [0.25, 0.3) is 0 Å². The molecule has 0 amide bonds. The number of rotatable bonds is 10. The molecule has 0 atom stereocenters. The first-order valence-electron chi connectivity index (χ1n) is 15.4. The van der Waals surface area contributed by atoms with Crippen LogP contribution in [0.25, 0.3) is 21.9 Å². The highest BCUT2D eigenvalue weighted by molar-refractivity contribution is 5.98. The van der Waals surface area contributed by atoms with Gasteiger partial charge in [0, 0.05) is 23.1 Å². The number of benzene rings is 5. The first-order chi connectivity index (χ1) is 21.7. The molecule has 0 aliphatic carbocycles. The summed E-state index contributed by atoms with van der Waals surface area (Å²) in [7, 11) is 0. The van der Waals surface area contributed by atoms with E-state index in [1.54, 1.807) is 0 Å². The maximum absolute atomic E-state index is 12.4. The molecule has 0 spiro atoms. The molecule has 0 unspecified atom stereocenters. The van der Waals surface area contributed by atoms with E-state index in [0.717, 1.165) is 64.2 Å². The van der Waals surface area contributed by atoms with Gasteiger partial charge in [0.1, 0.15) is 42.8 Å². The van der Waals surface area contributed by atoms with Crippen LogP contribution in [0.5, 0.6) is 23.0 Å². The highest BCUT2D eigenvalue weighted by atomic mass is 16.5. The lowest BCUT2D eigenvalue weighted by atomic mass is 9.96. The third kappa shape index (κ3) is 6.26. The topological polar surface area (TPSA) is 57.2 Å². The van der Waals surface area contributed by atoms with Crippen molar-refractivity contribution in [3.05, 3.63) is 120 Å². The number of carbonyl (C=O) groups excluding carboxylic acids is 1. The average molecular weight is 586 g/mol. The minimum Gasteiger partial charge on any atom is -0.492 e. The number of likely N-dealkylation sites (tertiary alicyclic amines) is 1. The molecule has 0 N–H and O–H groups in total. The van der Waals surface area contributed by atoms with E-state index in [-0.39, 0.29) is 5.97 Å². The van der Waals surface area contributed by atoms with Crippen LogP contribution < -0.4 is 14.2 Å². The summed E-state index contributed by atoms with van der Waals surface area (Å²) in [6, 6.07) is 33.9. The van der Waals surface area contributed by atoms with Crippen LogP contribution >= 0.6 is 0 Å². The maximum Gasteiger partial charge on any atom is 0.338 e. The predicted molar refractivity (Wildman–Crippen MR) is 172 cm³/mol. The lowest BCUT2D eigenvalue weighted by molar-refractivity contribution is 0.0535. The summed E-state index contributed by atoms with van der Waals surface area (Å²) in [5, 5.41) is 1.94. The van der Waals surface area contributed by atoms with Crippen molar-refractivity contribution in [3.63, 3.8) is 0 Å². The quantitative estimate of drug-likeness (QED) is 0.153. The van der Waals surface area contributed by atoms with Gasteiger partial charge in [0.2, 0.25) is 0 Å². The normalized spacial score (nSPS) is 14.7. The number of piperidine rings is 1. The van der Waals surface area contributed by atoms with Gasteiger partial charge in [-0.15, -0.1) is 0 Å². The fourth-order valence-electron chi connectivity index (χ4n) is 5.93. The molecule has 222 valence electrons. The smallest absolute Gasteiger partial charge is 0.338 e. The predicted octanol–water partition coefficient (Wildman–Crippen LogP) is 8.41. The van der Waals surface area contributed by atoms with Crippen molar-refractivity contribution in [3.8, 4) is 34.1 Å². The van der Waals surface area contributed by atoms with Crippen molar-refractivity contribution in [1.82, 2.24) is 4.90 Å². The van der Waals surface area contributed by atoms with E-state index < -0.39 is 0 Å². The van der Waals surface area contributed by atoms with Gasteiger partial charge in [-0.2, -0.15) is 0 Å². The van der Waals surface area contributed by atoms with Crippen LogP contribution in [-0.2, 0) is 18.0 Å². The van der Waals surface area contributed by atoms with Gasteiger partial charge in [0.15, 0.2) is 0 Å². The second kappa shape index (κ2) is 12.8. The molecule has 6 nitrogen and oxygen atoms in total. The first-order valence-corrected chi connectivity index (χ1v) is 15.4. The summed E-state index contributed by atoms with van der Waals surface area (Å²) in [5.74, 6) is 2.73. The Labute approximate surface area is 257 Å². The van der Waals surface area contributed by atoms with E-state index in [0.29, 0.717) is 36.9 Å². The summed E-state index contributed by atoms with van der Waals surface area (Å²) in [6.45, 7) is 4.75. The van der Waals surface area contributed by atoms with Crippen molar-refractivity contribution in [2.75, 3.05) is 26.2 Å². The summed E-state index contributed by atoms with van der Waals surface area (Å²) in [4.78, 5) is 14.8. The molecule has 44 heavy (non-hydrogen) atoms. The SMILES string of the molecule is O=C1OCc2ccc(-c3ccc4cc(OCc5ccccc5)ccc4c3Oc3ccc(OCCN4CCCCC4)cc3)cc21. The number of esters is 1. The molecule has 1 saturated heterocycles. The molecule has 5 aromatic rings. The monoisotopic (exact) mass is 585 g/mol. The van der Waals surface area contributed by atoms with Crippen molar-refractivity contribution in [2.24, 2.45) is 0 Å². The molecule has 6 heteroatoms. The Hall–Kier alpha value is -4.81. The Balaban J connectivity index is 1.16. The molecule has 1 fully saturated rings. The van der Waals surface area contributed by atoms with E-state index in [2.05, 4.69) is 23.1 Å². The molecule has 2 aliphatic heterocycles. The zero-order valence-corrected chi connectivity index (χ0v) is 24.7. The zero-order chi connectivity index (χ0) is 29.7. The Morgan fingerprint density at radius 1 is 0.705 bits per heavy atom. The molecule has 0 saturated carbocycles. The molecule has 0 bridgehead atoms. The molecular formula is C38H35NO5. The second-order valence-corrected chi connectivity index (χ2v) is 11.4. The lowest BCUT2D eigenvalue weighted by Crippen LogP contribution is -2.33. The molecular weight excluding hydrogens is 550 g/mol. The van der Waals surface area contributed by atoms with Crippen LogP contribution in [0.4, 0.5) is 0 Å². The summed E-state index contributed by atoms with van der Waals surface area (Å²) in [6.07, 6.45) is 3.89. The van der Waals surface area contributed by atoms with Crippen LogP contribution in [-0.4, -0.2) is 37.1 Å². The van der Waals surface area contributed by atoms with Gasteiger partial charge >= 0.3 is 5.97 Å². The van der Waals surface area contributed by atoms with Crippen molar-refractivity contribution < 1.29 is 23.7 Å². The molecule has 0 aromatic heterocycles. The van der Waals surface area contributed by atoms with Gasteiger partial charge in [0.05, 0.1) is 5.56 Å². The lowest BCUT2D eigenvalue weighted by Gasteiger charge is -2.26. The number of fused-ring (bicyclic) bond motifs is 2. The number of nitrogens with zero attached hydrogens (tertiary/aromatic N) is 1. The number of hydrogen-bond donors (Lipinski definition) is 0. The highest BCUT2D eigenvalue weighted by Gasteiger charge is 2.23. The van der Waals surface area contributed by atoms with Crippen molar-refractivity contribution >= 4 is 16.7 Å². The van der Waals surface area contributed by atoms with E-state index >= 15 is 0 Å². The zero-order valence-electron chi connectivity index (χ0n) is 24.7. The van der Waals surface area contributed by atoms with E-state index in [4.69, 9.17) is 18.9 Å². The van der Waals surface area contributed by atoms with E-state index in [1.165, 1.54) is 19.3 Å². The summed E-state index contributed by atoms with van der Waals surface area (Å²) in [5.41, 5.74) is 4.39. The Morgan fingerprint density at radius 2 is 1.50 bits per heavy atom. The van der Waals surface area contributed by atoms with Crippen LogP contribution in [0.3, 0.4) is 0 Å². The maximum atomic E-state index is 12.4. The van der Waals surface area contributed by atoms with Crippen molar-refractivity contribution in [2.45, 2.75) is 32.5 Å². The standard InChI is InChI=1S/C38H35NO5/c40-38-36-24-29(9-10-30(36)26-43-38)34-17-11-28-23-33(42-25-27-7-3-1-4-8-27)16-18-35(28)37(34)44-32-14-12-31(13-15-32)41-22-21-39-19-5-2-6-20-39/h1,3-4,7-18,23-24H,2,5-6,19-22,25-26H2. The molecule has 2 heterocycles. The fraction of sp³-hybridized carbons (Fsp3) is 0.237. The average Bonchev–Trinajstić information content (AvgIpc) is 3.45. The molecule has 2 aliphatic rings. The van der Waals surface area contributed by atoms with Crippen LogP contribution in [0.15, 0.2) is 103 Å². The Kier molecular flexibility index (Phi) is 8.15. The van der Waals surface area contributed by atoms with Crippen molar-refractivity contribution in [1.29, 1.82) is 0 Å². The summed E-state index contributed by atoms with van der Waals surface area (Å²) < 4.78 is 24.0. The number of carbonyl (C=O) groups is 1. The fourth-order valence-corrected chi connectivity index (χ4v) is 5.93. The first kappa shape index (κ1) is 28.0. The van der Waals surface area contributed by atoms with Gasteiger partial charge < -0.3 is 18.9 Å². The number of ether oxygens (including phenoxy) is 4. The third-order valence-electron chi connectivity index (χ3n) is 8.36. The van der Waals surface area contributed by atoms with E-state index in [1.807, 2.05) is 84.9 Å². The van der Waals surface area contributed by atoms with Gasteiger partial charge in [-0.05, 0) is 97.0 Å². The largest absolute Gasteiger partial charge is 0.492 e. The van der Waals surface area contributed by atoms with Gasteiger partial charge in [-0.3, -0.25) is 4.90 Å². The minimum atomic E-state index is -0.291. The summed E-state index contributed by atoms with van der Waals surface area (Å²) >= 11 is 0. The molecule has 5 aromatic carbocycles. The second-order valence-electron chi connectivity index (χ2n) is 11.4. The van der Waals surface area contributed by atoms with Gasteiger partial charge in [-0.1, -0.05) is 55.0 Å². The van der Waals surface area contributed by atoms with Crippen LogP contribution in [0, 0.1) is 0 Å². The van der Waals surface area contributed by atoms with Gasteiger partial charge in [-0.25, -0.2) is 4.79 Å². The molecule has 7 rings (SSSR count). The Bertz CT molecular complexity index is 1760. The Morgan fingerprint density at radius 3 is 2.34 bits per heavy atom. The molecule has 0 radical (unpaired) electrons. The van der Waals surface area contributed by atoms with Crippen LogP contribution in [0.2, 0.25) is 0 Å². The van der Waals surface area contributed by atoms with Crippen LogP contribution in [0.1, 0.15) is 40.7 Å². The number of hydrogen-bond acceptors (Lipinski definition) is 6. The minimum absolute atomic E-state index is 0.291. The third-order valence-corrected chi connectivity index (χ3v) is 8.36. The van der Waals surface area contributed by atoms with E-state index in [9.17, 15) is 4.79 Å². The number of cyclic esters (lactones) is 1.